The summed E-state index contributed by atoms with van der Waals surface area (Å²) in [6.07, 6.45) is 0.748. The van der Waals surface area contributed by atoms with Crippen LogP contribution in [0.5, 0.6) is 5.75 Å². The normalized spacial score (nSPS) is 10.4. The number of phenolic OH excluding ortho intramolecular Hbond substituents is 1. The van der Waals surface area contributed by atoms with E-state index in [-0.39, 0.29) is 11.3 Å². The van der Waals surface area contributed by atoms with Crippen molar-refractivity contribution in [1.29, 1.82) is 0 Å². The van der Waals surface area contributed by atoms with E-state index in [2.05, 4.69) is 15.5 Å². The Kier molecular flexibility index (Phi) is 3.88. The quantitative estimate of drug-likeness (QED) is 0.588. The van der Waals surface area contributed by atoms with Gasteiger partial charge in [0.2, 0.25) is 0 Å². The van der Waals surface area contributed by atoms with Gasteiger partial charge in [-0.3, -0.25) is 20.0 Å². The minimum atomic E-state index is -0.646. The summed E-state index contributed by atoms with van der Waals surface area (Å²) in [4.78, 5) is 22.0. The largest absolute Gasteiger partial charge is 0.507 e. The van der Waals surface area contributed by atoms with E-state index in [0.29, 0.717) is 5.82 Å². The van der Waals surface area contributed by atoms with Gasteiger partial charge in [-0.1, -0.05) is 6.92 Å². The van der Waals surface area contributed by atoms with Crippen molar-refractivity contribution in [3.63, 3.8) is 0 Å². The summed E-state index contributed by atoms with van der Waals surface area (Å²) in [5, 5.41) is 29.6. The SMILES string of the molecule is CCc1[nH]nc(NC(=O)c2ccc([N+](=O)[O-])cc2O)c1C. The van der Waals surface area contributed by atoms with Crippen molar-refractivity contribution in [2.75, 3.05) is 5.32 Å². The van der Waals surface area contributed by atoms with Crippen LogP contribution in [-0.4, -0.2) is 26.1 Å². The smallest absolute Gasteiger partial charge is 0.273 e. The van der Waals surface area contributed by atoms with Crippen LogP contribution in [0.4, 0.5) is 11.5 Å². The Bertz CT molecular complexity index is 708. The number of aromatic nitrogens is 2. The number of nitro groups is 1. The molecule has 0 spiro atoms. The van der Waals surface area contributed by atoms with Crippen LogP contribution in [-0.2, 0) is 6.42 Å². The number of aromatic hydroxyl groups is 1. The van der Waals surface area contributed by atoms with Crippen LogP contribution in [0.15, 0.2) is 18.2 Å². The summed E-state index contributed by atoms with van der Waals surface area (Å²) in [5.41, 5.74) is 1.37. The number of carbonyl (C=O) groups is 1. The highest BCUT2D eigenvalue weighted by Gasteiger charge is 2.17. The molecule has 0 atom stereocenters. The second-order valence-electron chi connectivity index (χ2n) is 4.44. The van der Waals surface area contributed by atoms with E-state index in [1.165, 1.54) is 6.07 Å². The first-order chi connectivity index (χ1) is 9.93. The van der Waals surface area contributed by atoms with Crippen LogP contribution < -0.4 is 5.32 Å². The van der Waals surface area contributed by atoms with Gasteiger partial charge in [0.05, 0.1) is 16.6 Å². The summed E-state index contributed by atoms with van der Waals surface area (Å²) in [5.74, 6) is -0.667. The van der Waals surface area contributed by atoms with Crippen LogP contribution in [0.2, 0.25) is 0 Å². The first kappa shape index (κ1) is 14.5. The number of aromatic amines is 1. The molecule has 0 aliphatic carbocycles. The molecule has 2 aromatic rings. The summed E-state index contributed by atoms with van der Waals surface area (Å²) in [6.45, 7) is 3.77. The topological polar surface area (TPSA) is 121 Å². The highest BCUT2D eigenvalue weighted by molar-refractivity contribution is 6.06. The van der Waals surface area contributed by atoms with Gasteiger partial charge < -0.3 is 10.4 Å². The molecule has 0 unspecified atom stereocenters. The second kappa shape index (κ2) is 5.61. The fraction of sp³-hybridized carbons (Fsp3) is 0.231. The summed E-state index contributed by atoms with van der Waals surface area (Å²) < 4.78 is 0. The number of nitrogens with zero attached hydrogens (tertiary/aromatic N) is 2. The van der Waals surface area contributed by atoms with E-state index in [4.69, 9.17) is 0 Å². The highest BCUT2D eigenvalue weighted by atomic mass is 16.6. The molecule has 1 aromatic carbocycles. The van der Waals surface area contributed by atoms with Crippen molar-refractivity contribution < 1.29 is 14.8 Å². The molecule has 0 aliphatic rings. The molecule has 21 heavy (non-hydrogen) atoms. The number of non-ortho nitro benzene ring substituents is 1. The molecule has 1 heterocycles. The van der Waals surface area contributed by atoms with Crippen LogP contribution in [0.1, 0.15) is 28.5 Å². The van der Waals surface area contributed by atoms with E-state index in [1.807, 2.05) is 13.8 Å². The number of hydrogen-bond acceptors (Lipinski definition) is 5. The Morgan fingerprint density at radius 2 is 2.24 bits per heavy atom. The van der Waals surface area contributed by atoms with Gasteiger partial charge in [-0.2, -0.15) is 5.10 Å². The summed E-state index contributed by atoms with van der Waals surface area (Å²) >= 11 is 0. The van der Waals surface area contributed by atoms with Gasteiger partial charge in [-0.15, -0.1) is 0 Å². The van der Waals surface area contributed by atoms with E-state index in [1.54, 1.807) is 0 Å². The van der Waals surface area contributed by atoms with E-state index in [0.717, 1.165) is 29.8 Å². The Balaban J connectivity index is 2.24. The van der Waals surface area contributed by atoms with Gasteiger partial charge in [-0.05, 0) is 19.4 Å². The van der Waals surface area contributed by atoms with Gasteiger partial charge in [0.1, 0.15) is 5.75 Å². The van der Waals surface area contributed by atoms with Crippen LogP contribution in [0.3, 0.4) is 0 Å². The molecule has 0 radical (unpaired) electrons. The number of phenols is 1. The van der Waals surface area contributed by atoms with Gasteiger partial charge in [0, 0.05) is 17.3 Å². The minimum Gasteiger partial charge on any atom is -0.507 e. The molecule has 0 aliphatic heterocycles. The standard InChI is InChI=1S/C13H14N4O4/c1-3-10-7(2)12(16-15-10)14-13(19)9-5-4-8(17(20)21)6-11(9)18/h4-6,18H,3H2,1-2H3,(H2,14,15,16,19). The van der Waals surface area contributed by atoms with Crippen LogP contribution >= 0.6 is 0 Å². The van der Waals surface area contributed by atoms with E-state index in [9.17, 15) is 20.0 Å². The van der Waals surface area contributed by atoms with Crippen LogP contribution in [0, 0.1) is 17.0 Å². The van der Waals surface area contributed by atoms with Crippen molar-refractivity contribution in [3.05, 3.63) is 45.1 Å². The molecule has 1 amide bonds. The minimum absolute atomic E-state index is 0.0546. The zero-order chi connectivity index (χ0) is 15.6. The molecule has 3 N–H and O–H groups in total. The van der Waals surface area contributed by atoms with Crippen molar-refractivity contribution in [3.8, 4) is 5.75 Å². The first-order valence-electron chi connectivity index (χ1n) is 6.26. The average Bonchev–Trinajstić information content (AvgIpc) is 2.79. The average molecular weight is 290 g/mol. The third kappa shape index (κ3) is 2.83. The molecular weight excluding hydrogens is 276 g/mol. The van der Waals surface area contributed by atoms with Crippen molar-refractivity contribution in [1.82, 2.24) is 10.2 Å². The molecule has 1 aromatic heterocycles. The van der Waals surface area contributed by atoms with Gasteiger partial charge in [-0.25, -0.2) is 0 Å². The van der Waals surface area contributed by atoms with Crippen molar-refractivity contribution in [2.24, 2.45) is 0 Å². The zero-order valence-corrected chi connectivity index (χ0v) is 11.5. The third-order valence-electron chi connectivity index (χ3n) is 3.13. The molecular formula is C13H14N4O4. The lowest BCUT2D eigenvalue weighted by molar-refractivity contribution is -0.384. The monoisotopic (exact) mass is 290 g/mol. The Morgan fingerprint density at radius 1 is 1.52 bits per heavy atom. The second-order valence-corrected chi connectivity index (χ2v) is 4.44. The van der Waals surface area contributed by atoms with Gasteiger partial charge in [0.15, 0.2) is 5.82 Å². The molecule has 0 bridgehead atoms. The number of benzene rings is 1. The zero-order valence-electron chi connectivity index (χ0n) is 11.5. The third-order valence-corrected chi connectivity index (χ3v) is 3.13. The Morgan fingerprint density at radius 3 is 2.76 bits per heavy atom. The predicted molar refractivity (Wildman–Crippen MR) is 75.4 cm³/mol. The first-order valence-corrected chi connectivity index (χ1v) is 6.26. The number of amides is 1. The van der Waals surface area contributed by atoms with Gasteiger partial charge in [0.25, 0.3) is 11.6 Å². The maximum absolute atomic E-state index is 12.1. The fourth-order valence-corrected chi connectivity index (χ4v) is 1.90. The van der Waals surface area contributed by atoms with Crippen molar-refractivity contribution >= 4 is 17.4 Å². The maximum atomic E-state index is 12.1. The number of H-pyrrole nitrogens is 1. The highest BCUT2D eigenvalue weighted by Crippen LogP contribution is 2.25. The number of carbonyl (C=O) groups excluding carboxylic acids is 1. The van der Waals surface area contributed by atoms with Crippen LogP contribution in [0.25, 0.3) is 0 Å². The number of nitro benzene ring substituents is 1. The van der Waals surface area contributed by atoms with E-state index >= 15 is 0 Å². The molecule has 0 saturated heterocycles. The fourth-order valence-electron chi connectivity index (χ4n) is 1.90. The number of nitrogens with one attached hydrogen (secondary N) is 2. The molecule has 0 fully saturated rings. The number of hydrogen-bond donors (Lipinski definition) is 3. The van der Waals surface area contributed by atoms with Gasteiger partial charge >= 0.3 is 0 Å². The van der Waals surface area contributed by atoms with E-state index < -0.39 is 16.6 Å². The lowest BCUT2D eigenvalue weighted by Gasteiger charge is -2.05. The molecule has 110 valence electrons. The lowest BCUT2D eigenvalue weighted by Crippen LogP contribution is -2.13. The predicted octanol–water partition coefficient (Wildman–Crippen LogP) is 2.15. The molecule has 0 saturated carbocycles. The Hall–Kier alpha value is -2.90. The summed E-state index contributed by atoms with van der Waals surface area (Å²) in [6, 6.07) is 3.29. The number of rotatable bonds is 4. The number of aryl methyl sites for hydroxylation is 1. The number of anilines is 1. The molecule has 2 rings (SSSR count). The maximum Gasteiger partial charge on any atom is 0.273 e. The lowest BCUT2D eigenvalue weighted by atomic mass is 10.1. The Labute approximate surface area is 120 Å². The molecule has 8 nitrogen and oxygen atoms in total. The molecule has 8 heteroatoms. The van der Waals surface area contributed by atoms with Crippen molar-refractivity contribution in [2.45, 2.75) is 20.3 Å². The summed E-state index contributed by atoms with van der Waals surface area (Å²) in [7, 11) is 0.